The molecular formula is C20H21ClN4O4S. The highest BCUT2D eigenvalue weighted by molar-refractivity contribution is 7.89. The highest BCUT2D eigenvalue weighted by Gasteiger charge is 2.22. The van der Waals surface area contributed by atoms with Crippen LogP contribution in [0.1, 0.15) is 16.1 Å². The number of aromatic nitrogens is 2. The average molecular weight is 449 g/mol. The van der Waals surface area contributed by atoms with Gasteiger partial charge in [-0.15, -0.1) is 0 Å². The van der Waals surface area contributed by atoms with E-state index in [0.29, 0.717) is 5.69 Å². The molecule has 1 amide bonds. The summed E-state index contributed by atoms with van der Waals surface area (Å²) >= 11 is 6.02. The predicted molar refractivity (Wildman–Crippen MR) is 114 cm³/mol. The minimum absolute atomic E-state index is 0.0542. The lowest BCUT2D eigenvalue weighted by Gasteiger charge is -2.13. The number of amides is 1. The molecule has 1 aromatic heterocycles. The smallest absolute Gasteiger partial charge is 0.251 e. The zero-order valence-electron chi connectivity index (χ0n) is 16.7. The summed E-state index contributed by atoms with van der Waals surface area (Å²) in [4.78, 5) is 12.4. The van der Waals surface area contributed by atoms with Crippen LogP contribution >= 0.6 is 11.6 Å². The number of carbonyl (C=O) groups is 1. The van der Waals surface area contributed by atoms with Crippen molar-refractivity contribution in [3.05, 3.63) is 71.0 Å². The Morgan fingerprint density at radius 3 is 2.50 bits per heavy atom. The van der Waals surface area contributed by atoms with Crippen LogP contribution in [-0.2, 0) is 16.6 Å². The topological polar surface area (TPSA) is 93.5 Å². The number of nitrogens with zero attached hydrogens (tertiary/aromatic N) is 3. The van der Waals surface area contributed by atoms with Crippen molar-refractivity contribution >= 4 is 27.5 Å². The number of rotatable bonds is 7. The first-order chi connectivity index (χ1) is 14.2. The molecule has 0 aliphatic carbocycles. The van der Waals surface area contributed by atoms with Crippen molar-refractivity contribution in [1.82, 2.24) is 19.4 Å². The normalized spacial score (nSPS) is 11.5. The molecule has 3 rings (SSSR count). The minimum Gasteiger partial charge on any atom is -0.497 e. The van der Waals surface area contributed by atoms with E-state index in [9.17, 15) is 13.2 Å². The number of halogens is 1. The number of methoxy groups -OCH3 is 1. The first kappa shape index (κ1) is 21.8. The summed E-state index contributed by atoms with van der Waals surface area (Å²) in [6.45, 7) is 0.181. The molecule has 0 unspecified atom stereocenters. The molecule has 0 fully saturated rings. The Bertz CT molecular complexity index is 1160. The van der Waals surface area contributed by atoms with Crippen molar-refractivity contribution in [3.8, 4) is 11.4 Å². The van der Waals surface area contributed by atoms with Gasteiger partial charge in [0.25, 0.3) is 5.91 Å². The lowest BCUT2D eigenvalue weighted by molar-refractivity contribution is 0.0950. The number of benzene rings is 2. The molecule has 30 heavy (non-hydrogen) atoms. The summed E-state index contributed by atoms with van der Waals surface area (Å²) in [5.74, 6) is 0.317. The van der Waals surface area contributed by atoms with Gasteiger partial charge in [-0.05, 0) is 48.5 Å². The third-order valence-electron chi connectivity index (χ3n) is 4.36. The summed E-state index contributed by atoms with van der Waals surface area (Å²) in [6.07, 6.45) is 1.79. The largest absolute Gasteiger partial charge is 0.497 e. The van der Waals surface area contributed by atoms with E-state index in [1.807, 2.05) is 24.3 Å². The Labute approximate surface area is 180 Å². The number of carbonyl (C=O) groups excluding carboxylic acids is 1. The maximum atomic E-state index is 12.5. The lowest BCUT2D eigenvalue weighted by Crippen LogP contribution is -2.25. The Morgan fingerprint density at radius 1 is 1.17 bits per heavy atom. The molecular weight excluding hydrogens is 428 g/mol. The van der Waals surface area contributed by atoms with Crippen LogP contribution < -0.4 is 10.1 Å². The SMILES string of the molecule is COc1ccc(-n2ccc(CNC(=O)c3ccc(Cl)c(S(=O)(=O)N(C)C)c3)n2)cc1. The standard InChI is InChI=1S/C20H21ClN4O4S/c1-24(2)30(27,28)19-12-14(4-9-18(19)21)20(26)22-13-15-10-11-25(23-15)16-5-7-17(29-3)8-6-16/h4-12H,13H2,1-3H3,(H,22,26). The molecule has 158 valence electrons. The monoisotopic (exact) mass is 448 g/mol. The van der Waals surface area contributed by atoms with E-state index >= 15 is 0 Å². The summed E-state index contributed by atoms with van der Waals surface area (Å²) in [6, 6.07) is 13.3. The Kier molecular flexibility index (Phi) is 6.45. The molecule has 3 aromatic rings. The zero-order chi connectivity index (χ0) is 21.9. The zero-order valence-corrected chi connectivity index (χ0v) is 18.2. The van der Waals surface area contributed by atoms with Crippen molar-refractivity contribution in [3.63, 3.8) is 0 Å². The van der Waals surface area contributed by atoms with Gasteiger partial charge >= 0.3 is 0 Å². The van der Waals surface area contributed by atoms with Crippen LogP contribution in [0.15, 0.2) is 59.6 Å². The molecule has 0 aliphatic rings. The van der Waals surface area contributed by atoms with Gasteiger partial charge in [0, 0.05) is 25.9 Å². The summed E-state index contributed by atoms with van der Waals surface area (Å²) < 4.78 is 32.6. The van der Waals surface area contributed by atoms with Crippen molar-refractivity contribution < 1.29 is 17.9 Å². The Balaban J connectivity index is 1.71. The first-order valence-corrected chi connectivity index (χ1v) is 10.7. The molecule has 1 N–H and O–H groups in total. The lowest BCUT2D eigenvalue weighted by atomic mass is 10.2. The quantitative estimate of drug-likeness (QED) is 0.599. The summed E-state index contributed by atoms with van der Waals surface area (Å²) in [5, 5.41) is 7.23. The maximum absolute atomic E-state index is 12.5. The van der Waals surface area contributed by atoms with E-state index in [-0.39, 0.29) is 22.0 Å². The van der Waals surface area contributed by atoms with Gasteiger partial charge in [-0.3, -0.25) is 4.79 Å². The van der Waals surface area contributed by atoms with Crippen LogP contribution in [0, 0.1) is 0 Å². The molecule has 10 heteroatoms. The third kappa shape index (κ3) is 4.64. The van der Waals surface area contributed by atoms with Gasteiger partial charge in [-0.1, -0.05) is 11.6 Å². The molecule has 0 bridgehead atoms. The Morgan fingerprint density at radius 2 is 1.87 bits per heavy atom. The van der Waals surface area contributed by atoms with E-state index in [1.165, 1.54) is 32.3 Å². The van der Waals surface area contributed by atoms with Gasteiger partial charge in [0.1, 0.15) is 10.6 Å². The van der Waals surface area contributed by atoms with Crippen molar-refractivity contribution in [2.45, 2.75) is 11.4 Å². The summed E-state index contributed by atoms with van der Waals surface area (Å²) in [7, 11) is 0.635. The molecule has 0 radical (unpaired) electrons. The number of ether oxygens (including phenoxy) is 1. The van der Waals surface area contributed by atoms with Crippen LogP contribution in [-0.4, -0.2) is 49.6 Å². The third-order valence-corrected chi connectivity index (χ3v) is 6.66. The predicted octanol–water partition coefficient (Wildman–Crippen LogP) is 2.71. The first-order valence-electron chi connectivity index (χ1n) is 8.91. The molecule has 8 nitrogen and oxygen atoms in total. The van der Waals surface area contributed by atoms with Gasteiger partial charge in [0.05, 0.1) is 30.1 Å². The molecule has 0 atom stereocenters. The fourth-order valence-corrected chi connectivity index (χ4v) is 4.04. The van der Waals surface area contributed by atoms with Crippen molar-refractivity contribution in [1.29, 1.82) is 0 Å². The van der Waals surface area contributed by atoms with E-state index in [0.717, 1.165) is 15.7 Å². The van der Waals surface area contributed by atoms with Gasteiger partial charge in [0.2, 0.25) is 10.0 Å². The van der Waals surface area contributed by atoms with E-state index in [1.54, 1.807) is 24.1 Å². The molecule has 0 saturated heterocycles. The number of hydrogen-bond donors (Lipinski definition) is 1. The molecule has 0 spiro atoms. The minimum atomic E-state index is -3.77. The highest BCUT2D eigenvalue weighted by Crippen LogP contribution is 2.24. The number of nitrogens with one attached hydrogen (secondary N) is 1. The maximum Gasteiger partial charge on any atom is 0.251 e. The molecule has 1 heterocycles. The molecule has 0 aliphatic heterocycles. The summed E-state index contributed by atoms with van der Waals surface area (Å²) in [5.41, 5.74) is 1.69. The Hall–Kier alpha value is -2.88. The van der Waals surface area contributed by atoms with E-state index < -0.39 is 15.9 Å². The fraction of sp³-hybridized carbons (Fsp3) is 0.200. The van der Waals surface area contributed by atoms with Crippen LogP contribution in [0.4, 0.5) is 0 Å². The fourth-order valence-electron chi connectivity index (χ4n) is 2.65. The van der Waals surface area contributed by atoms with E-state index in [4.69, 9.17) is 16.3 Å². The van der Waals surface area contributed by atoms with Crippen LogP contribution in [0.5, 0.6) is 5.75 Å². The van der Waals surface area contributed by atoms with Crippen LogP contribution in [0.2, 0.25) is 5.02 Å². The van der Waals surface area contributed by atoms with Gasteiger partial charge in [0.15, 0.2) is 0 Å². The van der Waals surface area contributed by atoms with E-state index in [2.05, 4.69) is 10.4 Å². The second-order valence-corrected chi connectivity index (χ2v) is 9.09. The second kappa shape index (κ2) is 8.86. The number of sulfonamides is 1. The second-order valence-electron chi connectivity index (χ2n) is 6.56. The van der Waals surface area contributed by atoms with Gasteiger partial charge in [-0.25, -0.2) is 17.4 Å². The van der Waals surface area contributed by atoms with Crippen molar-refractivity contribution in [2.24, 2.45) is 0 Å². The highest BCUT2D eigenvalue weighted by atomic mass is 35.5. The van der Waals surface area contributed by atoms with Crippen molar-refractivity contribution in [2.75, 3.05) is 21.2 Å². The molecule has 2 aromatic carbocycles. The van der Waals surface area contributed by atoms with Crippen LogP contribution in [0.3, 0.4) is 0 Å². The average Bonchev–Trinajstić information content (AvgIpc) is 3.21. The van der Waals surface area contributed by atoms with Gasteiger partial charge < -0.3 is 10.1 Å². The van der Waals surface area contributed by atoms with Crippen LogP contribution in [0.25, 0.3) is 5.69 Å². The number of hydrogen-bond acceptors (Lipinski definition) is 5. The van der Waals surface area contributed by atoms with Gasteiger partial charge in [-0.2, -0.15) is 5.10 Å². The molecule has 0 saturated carbocycles.